The van der Waals surface area contributed by atoms with Crippen LogP contribution in [0, 0.1) is 0 Å². The number of anilines is 1. The number of nitrogens with one attached hydrogen (secondary N) is 3. The van der Waals surface area contributed by atoms with Crippen LogP contribution in [-0.2, 0) is 20.9 Å². The van der Waals surface area contributed by atoms with Crippen LogP contribution in [0.25, 0.3) is 11.3 Å². The summed E-state index contributed by atoms with van der Waals surface area (Å²) in [4.78, 5) is 56.7. The smallest absolute Gasteiger partial charge is 0.411 e. The third-order valence-electron chi connectivity index (χ3n) is 6.80. The molecule has 3 aromatic rings. The number of thioether (sulfide) groups is 1. The van der Waals surface area contributed by atoms with Crippen LogP contribution < -0.4 is 16.0 Å². The van der Waals surface area contributed by atoms with Gasteiger partial charge in [-0.2, -0.15) is 0 Å². The number of ether oxygens (including phenoxy) is 1. The predicted molar refractivity (Wildman–Crippen MR) is 158 cm³/mol. The number of hydrogen-bond donors (Lipinski definition) is 3. The van der Waals surface area contributed by atoms with Gasteiger partial charge < -0.3 is 20.7 Å². The summed E-state index contributed by atoms with van der Waals surface area (Å²) in [5.41, 5.74) is 2.92. The van der Waals surface area contributed by atoms with Gasteiger partial charge in [0, 0.05) is 41.8 Å². The molecule has 1 unspecified atom stereocenters. The molecule has 2 aliphatic rings. The van der Waals surface area contributed by atoms with Crippen molar-refractivity contribution in [3.8, 4) is 11.3 Å². The molecule has 1 aliphatic heterocycles. The third kappa shape index (κ3) is 7.44. The molecule has 2 heterocycles. The molecule has 10 nitrogen and oxygen atoms in total. The van der Waals surface area contributed by atoms with Crippen LogP contribution in [-0.4, -0.2) is 64.0 Å². The first-order chi connectivity index (χ1) is 19.9. The van der Waals surface area contributed by atoms with Gasteiger partial charge in [0.1, 0.15) is 12.6 Å². The standard InChI is InChI=1S/C29H31N5O5S2/c1-30-24(35)13-14-25-34(29(38)39-15-18-5-3-2-4-6-18)23(17-40-25)27(37)33-28-32-22(16-41-28)19-7-9-20(10-8-19)26(36)31-21-11-12-21/h2-10,16,21,23,25H,11-15,17H2,1H3,(H,30,35)(H,31,36)(H,32,33,37)/t23-,25?/m0/s1. The Morgan fingerprint density at radius 1 is 1.05 bits per heavy atom. The summed E-state index contributed by atoms with van der Waals surface area (Å²) in [5, 5.41) is 10.3. The fourth-order valence-electron chi connectivity index (χ4n) is 4.35. The SMILES string of the molecule is CNC(=O)CCC1SC[C@@H](C(=O)Nc2nc(-c3ccc(C(=O)NC4CC4)cc3)cs2)N1C(=O)OCc1ccccc1. The Morgan fingerprint density at radius 2 is 1.80 bits per heavy atom. The van der Waals surface area contributed by atoms with Crippen LogP contribution in [0.5, 0.6) is 0 Å². The lowest BCUT2D eigenvalue weighted by Crippen LogP contribution is -2.48. The molecule has 0 radical (unpaired) electrons. The van der Waals surface area contributed by atoms with Gasteiger partial charge >= 0.3 is 6.09 Å². The van der Waals surface area contributed by atoms with E-state index in [0.29, 0.717) is 28.6 Å². The molecule has 5 rings (SSSR count). The van der Waals surface area contributed by atoms with E-state index >= 15 is 0 Å². The highest BCUT2D eigenvalue weighted by molar-refractivity contribution is 8.00. The molecular weight excluding hydrogens is 562 g/mol. The van der Waals surface area contributed by atoms with Crippen LogP contribution in [0.2, 0.25) is 0 Å². The van der Waals surface area contributed by atoms with E-state index in [-0.39, 0.29) is 42.2 Å². The first-order valence-electron chi connectivity index (χ1n) is 13.4. The molecule has 1 aromatic heterocycles. The first-order valence-corrected chi connectivity index (χ1v) is 15.3. The molecule has 2 aromatic carbocycles. The summed E-state index contributed by atoms with van der Waals surface area (Å²) < 4.78 is 5.57. The summed E-state index contributed by atoms with van der Waals surface area (Å²) in [7, 11) is 1.56. The molecule has 1 aliphatic carbocycles. The average molecular weight is 594 g/mol. The molecule has 41 heavy (non-hydrogen) atoms. The zero-order valence-electron chi connectivity index (χ0n) is 22.5. The van der Waals surface area contributed by atoms with Crippen molar-refractivity contribution in [3.63, 3.8) is 0 Å². The van der Waals surface area contributed by atoms with Gasteiger partial charge in [0.25, 0.3) is 5.91 Å². The monoisotopic (exact) mass is 593 g/mol. The molecule has 0 bridgehead atoms. The van der Waals surface area contributed by atoms with E-state index in [1.807, 2.05) is 47.8 Å². The highest BCUT2D eigenvalue weighted by atomic mass is 32.2. The predicted octanol–water partition coefficient (Wildman–Crippen LogP) is 4.25. The number of nitrogens with zero attached hydrogens (tertiary/aromatic N) is 2. The van der Waals surface area contributed by atoms with Crippen LogP contribution >= 0.6 is 23.1 Å². The number of carbonyl (C=O) groups excluding carboxylic acids is 4. The number of amides is 4. The average Bonchev–Trinajstić information content (AvgIpc) is 3.51. The fraction of sp³-hybridized carbons (Fsp3) is 0.345. The number of hydrogen-bond acceptors (Lipinski definition) is 8. The maximum Gasteiger partial charge on any atom is 0.411 e. The summed E-state index contributed by atoms with van der Waals surface area (Å²) in [6.07, 6.45) is 2.07. The van der Waals surface area contributed by atoms with Gasteiger partial charge in [-0.25, -0.2) is 9.78 Å². The zero-order chi connectivity index (χ0) is 28.8. The number of benzene rings is 2. The van der Waals surface area contributed by atoms with Crippen molar-refractivity contribution in [1.29, 1.82) is 0 Å². The molecular formula is C29H31N5O5S2. The van der Waals surface area contributed by atoms with Gasteiger partial charge in [-0.3, -0.25) is 19.3 Å². The second-order valence-electron chi connectivity index (χ2n) is 9.82. The zero-order valence-corrected chi connectivity index (χ0v) is 24.1. The van der Waals surface area contributed by atoms with E-state index in [9.17, 15) is 19.2 Å². The van der Waals surface area contributed by atoms with Crippen LogP contribution in [0.4, 0.5) is 9.93 Å². The molecule has 214 valence electrons. The van der Waals surface area contributed by atoms with Gasteiger partial charge in [-0.15, -0.1) is 23.1 Å². The molecule has 3 N–H and O–H groups in total. The van der Waals surface area contributed by atoms with Gasteiger partial charge in [-0.05, 0) is 37.0 Å². The number of thiazole rings is 1. The van der Waals surface area contributed by atoms with Crippen molar-refractivity contribution in [2.75, 3.05) is 18.1 Å². The summed E-state index contributed by atoms with van der Waals surface area (Å²) in [5.74, 6) is -0.222. The minimum Gasteiger partial charge on any atom is -0.445 e. The van der Waals surface area contributed by atoms with Crippen molar-refractivity contribution in [2.24, 2.45) is 0 Å². The Hall–Kier alpha value is -3.90. The van der Waals surface area contributed by atoms with Crippen molar-refractivity contribution < 1.29 is 23.9 Å². The van der Waals surface area contributed by atoms with E-state index in [1.54, 1.807) is 19.2 Å². The lowest BCUT2D eigenvalue weighted by Gasteiger charge is -2.27. The Morgan fingerprint density at radius 3 is 2.51 bits per heavy atom. The van der Waals surface area contributed by atoms with Crippen LogP contribution in [0.3, 0.4) is 0 Å². The third-order valence-corrected chi connectivity index (χ3v) is 8.91. The lowest BCUT2D eigenvalue weighted by molar-refractivity contribution is -0.120. The maximum atomic E-state index is 13.4. The van der Waals surface area contributed by atoms with Gasteiger partial charge in [0.2, 0.25) is 11.8 Å². The van der Waals surface area contributed by atoms with E-state index in [1.165, 1.54) is 28.0 Å². The van der Waals surface area contributed by atoms with Gasteiger partial charge in [-0.1, -0.05) is 42.5 Å². The van der Waals surface area contributed by atoms with E-state index in [0.717, 1.165) is 24.0 Å². The van der Waals surface area contributed by atoms with E-state index in [2.05, 4.69) is 20.9 Å². The Labute approximate surface area is 246 Å². The molecule has 1 saturated carbocycles. The summed E-state index contributed by atoms with van der Waals surface area (Å²) >= 11 is 2.72. The normalized spacial score (nSPS) is 18.0. The minimum absolute atomic E-state index is 0.0776. The van der Waals surface area contributed by atoms with Gasteiger partial charge in [0.05, 0.1) is 11.1 Å². The highest BCUT2D eigenvalue weighted by Gasteiger charge is 2.42. The largest absolute Gasteiger partial charge is 0.445 e. The van der Waals surface area contributed by atoms with Crippen LogP contribution in [0.15, 0.2) is 60.0 Å². The van der Waals surface area contributed by atoms with Crippen LogP contribution in [0.1, 0.15) is 41.6 Å². The fourth-order valence-corrected chi connectivity index (χ4v) is 6.46. The van der Waals surface area contributed by atoms with Crippen molar-refractivity contribution in [3.05, 3.63) is 71.1 Å². The van der Waals surface area contributed by atoms with E-state index < -0.39 is 12.1 Å². The minimum atomic E-state index is -0.783. The Balaban J connectivity index is 1.23. The molecule has 2 fully saturated rings. The Bertz CT molecular complexity index is 1390. The lowest BCUT2D eigenvalue weighted by atomic mass is 10.1. The Kier molecular flexibility index (Phi) is 9.20. The molecule has 4 amide bonds. The number of aromatic nitrogens is 1. The summed E-state index contributed by atoms with van der Waals surface area (Å²) in [6.45, 7) is 0.0776. The van der Waals surface area contributed by atoms with Crippen molar-refractivity contribution >= 4 is 52.0 Å². The first kappa shape index (κ1) is 28.6. The maximum absolute atomic E-state index is 13.4. The second-order valence-corrected chi connectivity index (χ2v) is 11.9. The number of carbonyl (C=O) groups is 4. The molecule has 0 spiro atoms. The molecule has 2 atom stereocenters. The quantitative estimate of drug-likeness (QED) is 0.321. The van der Waals surface area contributed by atoms with Gasteiger partial charge in [0.15, 0.2) is 5.13 Å². The van der Waals surface area contributed by atoms with Crippen molar-refractivity contribution in [2.45, 2.75) is 49.7 Å². The number of rotatable bonds is 10. The highest BCUT2D eigenvalue weighted by Crippen LogP contribution is 2.34. The molecule has 12 heteroatoms. The summed E-state index contributed by atoms with van der Waals surface area (Å²) in [6, 6.07) is 16.0. The van der Waals surface area contributed by atoms with Crippen molar-refractivity contribution in [1.82, 2.24) is 20.5 Å². The van der Waals surface area contributed by atoms with E-state index in [4.69, 9.17) is 4.74 Å². The second kappa shape index (κ2) is 13.2. The molecule has 1 saturated heterocycles. The topological polar surface area (TPSA) is 130 Å².